The van der Waals surface area contributed by atoms with Gasteiger partial charge in [0, 0.05) is 43.8 Å². The second kappa shape index (κ2) is 19.9. The molecule has 0 atom stereocenters. The van der Waals surface area contributed by atoms with E-state index in [1.807, 2.05) is 0 Å². The molecule has 0 aromatic heterocycles. The number of nitrogens with zero attached hydrogens (tertiary/aromatic N) is 1. The van der Waals surface area contributed by atoms with E-state index >= 15 is 0 Å². The molecule has 1 nitrogen and oxygen atoms in total. The molecule has 0 N–H and O–H groups in total. The summed E-state index contributed by atoms with van der Waals surface area (Å²) >= 11 is 0. The van der Waals surface area contributed by atoms with Crippen molar-refractivity contribution in [2.24, 2.45) is 0 Å². The summed E-state index contributed by atoms with van der Waals surface area (Å²) in [6, 6.07) is 0. The van der Waals surface area contributed by atoms with Crippen LogP contribution in [0.3, 0.4) is 0 Å². The third-order valence-corrected chi connectivity index (χ3v) is 0. The molecule has 6 radical (unpaired) electrons. The van der Waals surface area contributed by atoms with Crippen molar-refractivity contribution in [3.63, 3.8) is 0 Å². The Morgan fingerprint density at radius 1 is 1.00 bits per heavy atom. The zero-order chi connectivity index (χ0) is 0. The van der Waals surface area contributed by atoms with Crippen molar-refractivity contribution in [3.05, 3.63) is 6.15 Å². The molecule has 0 unspecified atom stereocenters. The van der Waals surface area contributed by atoms with E-state index < -0.39 is 0 Å². The summed E-state index contributed by atoms with van der Waals surface area (Å²) in [5.41, 5.74) is 0. The Hall–Kier alpha value is 2.02. The molecule has 0 saturated heterocycles. The standard InChI is InChI=1S/As.Ga.In.N/q;+3;;-3. The Labute approximate surface area is 69.0 Å². The van der Waals surface area contributed by atoms with Crippen molar-refractivity contribution >= 4 is 63.6 Å². The minimum absolute atomic E-state index is 0. The van der Waals surface area contributed by atoms with E-state index in [1.165, 1.54) is 0 Å². The summed E-state index contributed by atoms with van der Waals surface area (Å²) in [4.78, 5) is 0. The average molecular weight is 273 g/mol. The first-order valence-electron chi connectivity index (χ1n) is 0. The summed E-state index contributed by atoms with van der Waals surface area (Å²) in [6.45, 7) is 0. The van der Waals surface area contributed by atoms with Crippen molar-refractivity contribution in [2.75, 3.05) is 0 Å². The zero-order valence-corrected chi connectivity index (χ0v) is 9.64. The Balaban J connectivity index is 0. The Morgan fingerprint density at radius 2 is 1.00 bits per heavy atom. The molecule has 0 amide bonds. The predicted molar refractivity (Wildman–Crippen MR) is 20.6 cm³/mol. The first-order valence-corrected chi connectivity index (χ1v) is 0. The molecule has 0 rings (SSSR count). The fraction of sp³-hybridized carbons (Fsp3) is 0. The smallest absolute Gasteiger partial charge is 3.00 e. The van der Waals surface area contributed by atoms with Crippen LogP contribution < -0.4 is 0 Å². The van der Waals surface area contributed by atoms with E-state index in [2.05, 4.69) is 0 Å². The largest absolute Gasteiger partial charge is 3.00 e. The van der Waals surface area contributed by atoms with Crippen LogP contribution in [-0.2, 0) is 0 Å². The molecule has 0 spiro atoms. The number of hydrogen-bond donors (Lipinski definition) is 0. The maximum Gasteiger partial charge on any atom is 3.00 e. The van der Waals surface area contributed by atoms with Crippen LogP contribution in [0.25, 0.3) is 6.15 Å². The van der Waals surface area contributed by atoms with Crippen molar-refractivity contribution in [1.29, 1.82) is 0 Å². The maximum atomic E-state index is 0. The average Bonchev–Trinajstić information content (AvgIpc) is 0. The van der Waals surface area contributed by atoms with E-state index in [-0.39, 0.29) is 69.7 Å². The summed E-state index contributed by atoms with van der Waals surface area (Å²) in [6.07, 6.45) is 0. The molecule has 0 heterocycles. The molecular weight excluding hydrogens is 273 g/mol. The van der Waals surface area contributed by atoms with Gasteiger partial charge in [-0.05, 0) is 0 Å². The summed E-state index contributed by atoms with van der Waals surface area (Å²) < 4.78 is 0. The molecule has 0 aromatic rings. The molecule has 0 saturated carbocycles. The van der Waals surface area contributed by atoms with Crippen molar-refractivity contribution < 1.29 is 0 Å². The fourth-order valence-electron chi connectivity index (χ4n) is 0. The van der Waals surface area contributed by atoms with Crippen LogP contribution in [0.2, 0.25) is 0 Å². The Bertz CT molecular complexity index is 8.00. The van der Waals surface area contributed by atoms with Crippen molar-refractivity contribution in [1.82, 2.24) is 0 Å². The van der Waals surface area contributed by atoms with Gasteiger partial charge >= 0.3 is 19.8 Å². The first kappa shape index (κ1) is 37.1. The third-order valence-electron chi connectivity index (χ3n) is 0. The summed E-state index contributed by atoms with van der Waals surface area (Å²) in [5.74, 6) is 0. The molecular formula is AsGaInN. The van der Waals surface area contributed by atoms with Gasteiger partial charge < -0.3 is 6.15 Å². The van der Waals surface area contributed by atoms with Crippen LogP contribution in [0.4, 0.5) is 0 Å². The zero-order valence-electron chi connectivity index (χ0n) is 2.05. The predicted octanol–water partition coefficient (Wildman–Crippen LogP) is -0.854. The fourth-order valence-corrected chi connectivity index (χ4v) is 0. The first-order chi connectivity index (χ1) is 0. The van der Waals surface area contributed by atoms with Crippen molar-refractivity contribution in [3.8, 4) is 0 Å². The van der Waals surface area contributed by atoms with E-state index in [0.29, 0.717) is 0 Å². The van der Waals surface area contributed by atoms with Crippen LogP contribution in [-0.4, -0.2) is 63.6 Å². The van der Waals surface area contributed by atoms with Crippen LogP contribution in [0.5, 0.6) is 0 Å². The summed E-state index contributed by atoms with van der Waals surface area (Å²) in [5, 5.41) is 0. The molecule has 0 bridgehead atoms. The van der Waals surface area contributed by atoms with Gasteiger partial charge in [-0.15, -0.1) is 0 Å². The number of hydrogen-bond acceptors (Lipinski definition) is 0. The van der Waals surface area contributed by atoms with Gasteiger partial charge in [0.2, 0.25) is 0 Å². The van der Waals surface area contributed by atoms with Crippen LogP contribution in [0.1, 0.15) is 0 Å². The van der Waals surface area contributed by atoms with Gasteiger partial charge in [-0.25, -0.2) is 0 Å². The summed E-state index contributed by atoms with van der Waals surface area (Å²) in [7, 11) is 0. The minimum Gasteiger partial charge on any atom is -3.00 e. The van der Waals surface area contributed by atoms with Crippen LogP contribution in [0.15, 0.2) is 0 Å². The molecule has 16 valence electrons. The quantitative estimate of drug-likeness (QED) is 0.515. The van der Waals surface area contributed by atoms with Gasteiger partial charge in [0.25, 0.3) is 0 Å². The maximum absolute atomic E-state index is 0. The monoisotopic (exact) mass is 273 g/mol. The molecule has 0 aliphatic rings. The van der Waals surface area contributed by atoms with E-state index in [4.69, 9.17) is 0 Å². The molecule has 4 heavy (non-hydrogen) atoms. The van der Waals surface area contributed by atoms with Gasteiger partial charge in [-0.2, -0.15) is 0 Å². The molecule has 0 fully saturated rings. The van der Waals surface area contributed by atoms with Gasteiger partial charge in [-0.3, -0.25) is 0 Å². The minimum atomic E-state index is 0. The molecule has 0 aromatic carbocycles. The third kappa shape index (κ3) is 8.98. The number of rotatable bonds is 0. The second-order valence-corrected chi connectivity index (χ2v) is 0. The van der Waals surface area contributed by atoms with E-state index in [9.17, 15) is 0 Å². The normalized spacial score (nSPS) is 0. The van der Waals surface area contributed by atoms with Gasteiger partial charge in [0.15, 0.2) is 0 Å². The van der Waals surface area contributed by atoms with Gasteiger partial charge in [0.05, 0.1) is 0 Å². The van der Waals surface area contributed by atoms with Crippen molar-refractivity contribution in [2.45, 2.75) is 0 Å². The van der Waals surface area contributed by atoms with E-state index in [1.54, 1.807) is 0 Å². The van der Waals surface area contributed by atoms with E-state index in [0.717, 1.165) is 0 Å². The Kier molecular flexibility index (Phi) is 184. The topological polar surface area (TPSA) is 30.5 Å². The SMILES string of the molecule is [As].[Ga+3].[In].[N-3]. The Morgan fingerprint density at radius 3 is 1.00 bits per heavy atom. The molecule has 4 heteroatoms. The molecule has 0 aliphatic carbocycles. The van der Waals surface area contributed by atoms with Gasteiger partial charge in [0.1, 0.15) is 0 Å². The van der Waals surface area contributed by atoms with Gasteiger partial charge in [-0.1, -0.05) is 0 Å². The van der Waals surface area contributed by atoms with Crippen LogP contribution in [0, 0.1) is 0 Å². The second-order valence-electron chi connectivity index (χ2n) is 0. The molecule has 0 aliphatic heterocycles. The van der Waals surface area contributed by atoms with Crippen LogP contribution >= 0.6 is 0 Å².